The topological polar surface area (TPSA) is 228 Å². The molecule has 0 saturated carbocycles. The van der Waals surface area contributed by atoms with Crippen LogP contribution in [0, 0.1) is 0 Å². The van der Waals surface area contributed by atoms with Gasteiger partial charge in [-0.1, -0.05) is 315 Å². The number of aliphatic hydroxyl groups is 8. The van der Waals surface area contributed by atoms with Crippen LogP contribution in [0.4, 0.5) is 0 Å². The number of ether oxygens (including phenoxy) is 4. The number of aliphatic hydroxyl groups excluding tert-OH is 8. The summed E-state index contributed by atoms with van der Waals surface area (Å²) in [7, 11) is 0. The zero-order valence-corrected chi connectivity index (χ0v) is 60.3. The van der Waals surface area contributed by atoms with E-state index in [2.05, 4.69) is 129 Å². The van der Waals surface area contributed by atoms with Crippen LogP contribution in [0.2, 0.25) is 0 Å². The fourth-order valence-corrected chi connectivity index (χ4v) is 12.0. The molecule has 2 heterocycles. The second-order valence-electron chi connectivity index (χ2n) is 26.7. The Labute approximate surface area is 584 Å². The van der Waals surface area contributed by atoms with Gasteiger partial charge in [0.05, 0.1) is 32.0 Å². The van der Waals surface area contributed by atoms with Crippen molar-refractivity contribution in [3.05, 3.63) is 122 Å². The molecule has 2 saturated heterocycles. The predicted octanol–water partition coefficient (Wildman–Crippen LogP) is 17.2. The van der Waals surface area contributed by atoms with Gasteiger partial charge in [0.1, 0.15) is 48.8 Å². The average Bonchev–Trinajstić information content (AvgIpc) is 0.797. The van der Waals surface area contributed by atoms with Gasteiger partial charge in [0.2, 0.25) is 5.91 Å². The van der Waals surface area contributed by atoms with E-state index < -0.39 is 86.8 Å². The highest BCUT2D eigenvalue weighted by Crippen LogP contribution is 2.30. The zero-order valence-electron chi connectivity index (χ0n) is 60.3. The van der Waals surface area contributed by atoms with Crippen LogP contribution in [0.25, 0.3) is 0 Å². The molecule has 12 unspecified atom stereocenters. The van der Waals surface area contributed by atoms with Crippen LogP contribution in [0.5, 0.6) is 0 Å². The Morgan fingerprint density at radius 3 is 1.15 bits per heavy atom. The predicted molar refractivity (Wildman–Crippen MR) is 396 cm³/mol. The van der Waals surface area contributed by atoms with Crippen molar-refractivity contribution in [2.24, 2.45) is 0 Å². The molecule has 14 heteroatoms. The molecule has 0 aliphatic carbocycles. The van der Waals surface area contributed by atoms with Gasteiger partial charge in [0, 0.05) is 6.42 Å². The minimum Gasteiger partial charge on any atom is -0.394 e. The maximum atomic E-state index is 13.4. The first-order valence-corrected chi connectivity index (χ1v) is 38.8. The van der Waals surface area contributed by atoms with E-state index in [1.54, 1.807) is 6.08 Å². The number of carbonyl (C=O) groups excluding carboxylic acids is 1. The van der Waals surface area contributed by atoms with Gasteiger partial charge in [0.15, 0.2) is 12.6 Å². The molecule has 2 aliphatic heterocycles. The van der Waals surface area contributed by atoms with Gasteiger partial charge < -0.3 is 65.1 Å². The molecule has 0 radical (unpaired) electrons. The summed E-state index contributed by atoms with van der Waals surface area (Å²) >= 11 is 0. The Bertz CT molecular complexity index is 2080. The number of unbranched alkanes of at least 4 members (excludes halogenated alkanes) is 32. The van der Waals surface area contributed by atoms with Crippen molar-refractivity contribution in [1.82, 2.24) is 5.32 Å². The SMILES string of the molecule is CC/C=C\C/C=C\C/C=C\C/C=C\C/C=C\C/C=C\C/C=C\C/C=C\CCCCCCCCC(=O)NC(COC1OC(CO)C(OC2OC(CO)C(O)C(O)C2O)C(O)C1O)C(O)/C=C/CC/C=C/CCCCCCCCCCCCCCCCCCCCCCCCCCC. The fourth-order valence-electron chi connectivity index (χ4n) is 12.0. The smallest absolute Gasteiger partial charge is 0.220 e. The minimum atomic E-state index is -1.80. The van der Waals surface area contributed by atoms with E-state index in [1.165, 1.54) is 161 Å². The van der Waals surface area contributed by atoms with Crippen molar-refractivity contribution in [3.8, 4) is 0 Å². The summed E-state index contributed by atoms with van der Waals surface area (Å²) in [6, 6.07) is -0.951. The van der Waals surface area contributed by atoms with Crippen molar-refractivity contribution < 1.29 is 64.6 Å². The summed E-state index contributed by atoms with van der Waals surface area (Å²) < 4.78 is 22.9. The van der Waals surface area contributed by atoms with Gasteiger partial charge in [-0.15, -0.1) is 0 Å². The second kappa shape index (κ2) is 64.7. The molecular formula is C82H141NO13. The number of hydrogen-bond donors (Lipinski definition) is 9. The first kappa shape index (κ1) is 88.5. The molecule has 2 aliphatic rings. The Morgan fingerprint density at radius 1 is 0.385 bits per heavy atom. The molecule has 0 aromatic heterocycles. The lowest BCUT2D eigenvalue weighted by Crippen LogP contribution is -2.65. The van der Waals surface area contributed by atoms with Crippen LogP contribution in [0.3, 0.4) is 0 Å². The summed E-state index contributed by atoms with van der Waals surface area (Å²) in [6.07, 6.45) is 78.4. The number of nitrogens with one attached hydrogen (secondary N) is 1. The second-order valence-corrected chi connectivity index (χ2v) is 26.7. The van der Waals surface area contributed by atoms with Crippen molar-refractivity contribution in [2.75, 3.05) is 19.8 Å². The highest BCUT2D eigenvalue weighted by Gasteiger charge is 2.51. The summed E-state index contributed by atoms with van der Waals surface area (Å²) in [4.78, 5) is 13.4. The first-order valence-electron chi connectivity index (χ1n) is 38.8. The van der Waals surface area contributed by atoms with E-state index in [1.807, 2.05) is 6.08 Å². The van der Waals surface area contributed by atoms with E-state index in [0.29, 0.717) is 12.8 Å². The molecule has 0 bridgehead atoms. The summed E-state index contributed by atoms with van der Waals surface area (Å²) in [5.74, 6) is -0.266. The molecular weight excluding hydrogens is 1210 g/mol. The molecule has 2 rings (SSSR count). The van der Waals surface area contributed by atoms with Crippen LogP contribution in [0.1, 0.15) is 296 Å². The van der Waals surface area contributed by atoms with E-state index in [-0.39, 0.29) is 18.9 Å². The average molecular weight is 1350 g/mol. The van der Waals surface area contributed by atoms with Gasteiger partial charge in [-0.3, -0.25) is 4.79 Å². The van der Waals surface area contributed by atoms with E-state index >= 15 is 0 Å². The maximum absolute atomic E-state index is 13.4. The normalized spacial score (nSPS) is 22.9. The largest absolute Gasteiger partial charge is 0.394 e. The maximum Gasteiger partial charge on any atom is 0.220 e. The quantitative estimate of drug-likeness (QED) is 0.0204. The van der Waals surface area contributed by atoms with Crippen molar-refractivity contribution in [3.63, 3.8) is 0 Å². The van der Waals surface area contributed by atoms with Crippen LogP contribution in [0.15, 0.2) is 122 Å². The van der Waals surface area contributed by atoms with Crippen molar-refractivity contribution >= 4 is 5.91 Å². The Hall–Kier alpha value is -3.61. The summed E-state index contributed by atoms with van der Waals surface area (Å²) in [5, 5.41) is 87.6. The lowest BCUT2D eigenvalue weighted by Gasteiger charge is -2.46. The first-order chi connectivity index (χ1) is 47.1. The highest BCUT2D eigenvalue weighted by molar-refractivity contribution is 5.76. The number of allylic oxidation sites excluding steroid dienone is 19. The Balaban J connectivity index is 1.68. The van der Waals surface area contributed by atoms with Gasteiger partial charge in [-0.25, -0.2) is 0 Å². The van der Waals surface area contributed by atoms with E-state index in [9.17, 15) is 45.6 Å². The van der Waals surface area contributed by atoms with E-state index in [4.69, 9.17) is 18.9 Å². The lowest BCUT2D eigenvalue weighted by molar-refractivity contribution is -0.359. The van der Waals surface area contributed by atoms with Crippen LogP contribution >= 0.6 is 0 Å². The van der Waals surface area contributed by atoms with Gasteiger partial charge in [0.25, 0.3) is 0 Å². The van der Waals surface area contributed by atoms with Crippen molar-refractivity contribution in [1.29, 1.82) is 0 Å². The standard InChI is InChI=1S/C82H141NO13/c1-3-5-7-9-11-13-15-17-19-21-23-25-27-29-31-33-35-37-39-41-43-45-47-49-51-53-55-57-59-61-63-65-71(86)70(69-93-81-79(92)77(90)80(73(68-85)95-81)96-82-78(91)76(89)75(88)72(67-84)94-82)83-74(87)66-64-62-60-58-56-54-52-50-48-46-44-42-40-38-36-34-32-30-28-26-24-22-20-18-16-14-12-10-8-6-4-2/h6,8,12,14,18,20,24,26,30,32,36,38,42,44,48,50,55,57,63,65,70-73,75-82,84-86,88-92H,3-5,7,9-11,13,15-17,19,21-23,25,27-29,31,33-35,37,39-41,43,45-47,49,51-54,56,58-62,64,66-69H2,1-2H3,(H,83,87)/b8-6-,14-12-,20-18-,26-24-,32-30-,38-36-,44-42-,50-48-,57-55+,65-63+. The van der Waals surface area contributed by atoms with Crippen LogP contribution in [-0.4, -0.2) is 140 Å². The third kappa shape index (κ3) is 47.4. The molecule has 552 valence electrons. The fraction of sp³-hybridized carbons (Fsp3) is 0.744. The third-order valence-corrected chi connectivity index (χ3v) is 18.1. The van der Waals surface area contributed by atoms with Crippen molar-refractivity contribution in [2.45, 2.75) is 370 Å². The zero-order chi connectivity index (χ0) is 69.4. The Morgan fingerprint density at radius 2 is 0.729 bits per heavy atom. The molecule has 14 nitrogen and oxygen atoms in total. The molecule has 96 heavy (non-hydrogen) atoms. The van der Waals surface area contributed by atoms with Gasteiger partial charge >= 0.3 is 0 Å². The minimum absolute atomic E-state index is 0.249. The molecule has 0 aromatic rings. The van der Waals surface area contributed by atoms with Gasteiger partial charge in [-0.2, -0.15) is 0 Å². The molecule has 0 spiro atoms. The molecule has 0 aromatic carbocycles. The monoisotopic (exact) mass is 1350 g/mol. The number of amides is 1. The number of carbonyl (C=O) groups is 1. The van der Waals surface area contributed by atoms with Crippen LogP contribution in [-0.2, 0) is 23.7 Å². The summed E-state index contributed by atoms with van der Waals surface area (Å²) in [5.41, 5.74) is 0. The molecule has 2 fully saturated rings. The molecule has 1 amide bonds. The highest BCUT2D eigenvalue weighted by atomic mass is 16.7. The third-order valence-electron chi connectivity index (χ3n) is 18.1. The van der Waals surface area contributed by atoms with E-state index in [0.717, 1.165) is 103 Å². The lowest BCUT2D eigenvalue weighted by atomic mass is 9.97. The summed E-state index contributed by atoms with van der Waals surface area (Å²) in [6.45, 7) is 2.68. The number of rotatable bonds is 63. The van der Waals surface area contributed by atoms with Gasteiger partial charge in [-0.05, 0) is 96.3 Å². The molecule has 9 N–H and O–H groups in total. The molecule has 12 atom stereocenters. The van der Waals surface area contributed by atoms with Crippen LogP contribution < -0.4 is 5.32 Å². The number of hydrogen-bond acceptors (Lipinski definition) is 13. The Kier molecular flexibility index (Phi) is 59.7.